The Hall–Kier alpha value is -1.87. The van der Waals surface area contributed by atoms with Crippen molar-refractivity contribution in [3.63, 3.8) is 0 Å². The Morgan fingerprint density at radius 1 is 1.12 bits per heavy atom. The summed E-state index contributed by atoms with van der Waals surface area (Å²) in [5.74, 6) is 0.552. The molecule has 0 fully saturated rings. The number of benzene rings is 1. The van der Waals surface area contributed by atoms with Crippen LogP contribution in [0, 0.1) is 0 Å². The number of carbonyl (C=O) groups is 1. The minimum absolute atomic E-state index is 0. The Balaban J connectivity index is 0.00000338. The number of aliphatic imine (C=N–C) groups is 1. The average Bonchev–Trinajstić information content (AvgIpc) is 2.64. The number of halogens is 2. The Labute approximate surface area is 175 Å². The standard InChI is InChI=1S/C18H22ClN5O.HI/c1-20-18(23-9-7-14-4-2-6-16(19)12-14)24-11-10-22-17(25)15-5-3-8-21-13-15;/h2-6,8,12-13H,7,9-11H2,1H3,(H,22,25)(H2,20,23,24);1H. The summed E-state index contributed by atoms with van der Waals surface area (Å²) in [7, 11) is 1.71. The van der Waals surface area contributed by atoms with Crippen molar-refractivity contribution in [2.24, 2.45) is 4.99 Å². The van der Waals surface area contributed by atoms with Gasteiger partial charge >= 0.3 is 0 Å². The lowest BCUT2D eigenvalue weighted by molar-refractivity contribution is 0.0954. The fourth-order valence-electron chi connectivity index (χ4n) is 2.19. The quantitative estimate of drug-likeness (QED) is 0.243. The average molecular weight is 488 g/mol. The molecular weight excluding hydrogens is 465 g/mol. The van der Waals surface area contributed by atoms with Crippen molar-refractivity contribution in [2.45, 2.75) is 6.42 Å². The molecule has 3 N–H and O–H groups in total. The predicted molar refractivity (Wildman–Crippen MR) is 117 cm³/mol. The van der Waals surface area contributed by atoms with E-state index in [1.54, 1.807) is 31.6 Å². The largest absolute Gasteiger partial charge is 0.356 e. The van der Waals surface area contributed by atoms with Crippen LogP contribution in [0.2, 0.25) is 5.02 Å². The Kier molecular flexibility index (Phi) is 10.6. The highest BCUT2D eigenvalue weighted by Gasteiger charge is 2.04. The molecule has 1 aromatic carbocycles. The lowest BCUT2D eigenvalue weighted by Crippen LogP contribution is -2.42. The summed E-state index contributed by atoms with van der Waals surface area (Å²) in [6.45, 7) is 1.80. The number of hydrogen-bond acceptors (Lipinski definition) is 3. The van der Waals surface area contributed by atoms with Crippen molar-refractivity contribution in [3.8, 4) is 0 Å². The van der Waals surface area contributed by atoms with Gasteiger partial charge in [-0.15, -0.1) is 24.0 Å². The van der Waals surface area contributed by atoms with E-state index in [9.17, 15) is 4.79 Å². The van der Waals surface area contributed by atoms with Crippen LogP contribution in [0.5, 0.6) is 0 Å². The predicted octanol–water partition coefficient (Wildman–Crippen LogP) is 2.49. The van der Waals surface area contributed by atoms with E-state index >= 15 is 0 Å². The summed E-state index contributed by atoms with van der Waals surface area (Å²) in [6.07, 6.45) is 4.02. The van der Waals surface area contributed by atoms with Gasteiger partial charge in [0.25, 0.3) is 5.91 Å². The molecule has 0 aliphatic rings. The zero-order valence-electron chi connectivity index (χ0n) is 14.5. The smallest absolute Gasteiger partial charge is 0.252 e. The molecule has 0 aliphatic carbocycles. The highest BCUT2D eigenvalue weighted by molar-refractivity contribution is 14.0. The fourth-order valence-corrected chi connectivity index (χ4v) is 2.41. The minimum Gasteiger partial charge on any atom is -0.356 e. The topological polar surface area (TPSA) is 78.4 Å². The molecule has 0 unspecified atom stereocenters. The van der Waals surface area contributed by atoms with Gasteiger partial charge < -0.3 is 16.0 Å². The zero-order chi connectivity index (χ0) is 17.9. The SMILES string of the molecule is CN=C(NCCNC(=O)c1cccnc1)NCCc1cccc(Cl)c1.I. The molecule has 1 heterocycles. The number of nitrogens with zero attached hydrogens (tertiary/aromatic N) is 2. The first-order chi connectivity index (χ1) is 12.2. The lowest BCUT2D eigenvalue weighted by atomic mass is 10.1. The molecule has 6 nitrogen and oxygen atoms in total. The van der Waals surface area contributed by atoms with Crippen LogP contribution in [0.1, 0.15) is 15.9 Å². The third kappa shape index (κ3) is 8.01. The number of aromatic nitrogens is 1. The third-order valence-electron chi connectivity index (χ3n) is 3.45. The molecule has 2 aromatic rings. The van der Waals surface area contributed by atoms with E-state index in [1.807, 2.05) is 24.3 Å². The molecule has 0 aliphatic heterocycles. The molecule has 140 valence electrons. The van der Waals surface area contributed by atoms with Crippen LogP contribution in [0.3, 0.4) is 0 Å². The number of rotatable bonds is 7. The maximum atomic E-state index is 11.9. The number of amides is 1. The number of nitrogens with one attached hydrogen (secondary N) is 3. The molecule has 0 spiro atoms. The van der Waals surface area contributed by atoms with Crippen LogP contribution < -0.4 is 16.0 Å². The van der Waals surface area contributed by atoms with Crippen LogP contribution in [-0.4, -0.2) is 43.5 Å². The number of pyridine rings is 1. The van der Waals surface area contributed by atoms with Gasteiger partial charge in [-0.2, -0.15) is 0 Å². The van der Waals surface area contributed by atoms with Gasteiger partial charge in [-0.25, -0.2) is 0 Å². The molecule has 26 heavy (non-hydrogen) atoms. The van der Waals surface area contributed by atoms with Crippen LogP contribution in [0.4, 0.5) is 0 Å². The van der Waals surface area contributed by atoms with Crippen molar-refractivity contribution in [2.75, 3.05) is 26.7 Å². The fraction of sp³-hybridized carbons (Fsp3) is 0.278. The minimum atomic E-state index is -0.140. The van der Waals surface area contributed by atoms with Gasteiger partial charge in [-0.1, -0.05) is 23.7 Å². The van der Waals surface area contributed by atoms with Gasteiger partial charge in [-0.3, -0.25) is 14.8 Å². The summed E-state index contributed by atoms with van der Waals surface area (Å²) in [6, 6.07) is 11.3. The van der Waals surface area contributed by atoms with Crippen molar-refractivity contribution in [3.05, 3.63) is 64.9 Å². The van der Waals surface area contributed by atoms with E-state index in [0.717, 1.165) is 18.0 Å². The third-order valence-corrected chi connectivity index (χ3v) is 3.68. The normalized spacial score (nSPS) is 10.6. The van der Waals surface area contributed by atoms with Crippen molar-refractivity contribution < 1.29 is 4.79 Å². The monoisotopic (exact) mass is 487 g/mol. The van der Waals surface area contributed by atoms with Crippen LogP contribution in [-0.2, 0) is 6.42 Å². The molecule has 2 rings (SSSR count). The van der Waals surface area contributed by atoms with E-state index in [2.05, 4.69) is 25.9 Å². The first-order valence-corrected chi connectivity index (χ1v) is 8.44. The van der Waals surface area contributed by atoms with Gasteiger partial charge in [0, 0.05) is 44.1 Å². The Morgan fingerprint density at radius 2 is 1.88 bits per heavy atom. The van der Waals surface area contributed by atoms with Crippen LogP contribution in [0.25, 0.3) is 0 Å². The highest BCUT2D eigenvalue weighted by atomic mass is 127. The number of guanidine groups is 1. The summed E-state index contributed by atoms with van der Waals surface area (Å²) in [4.78, 5) is 20.0. The van der Waals surface area contributed by atoms with Crippen LogP contribution >= 0.6 is 35.6 Å². The van der Waals surface area contributed by atoms with Gasteiger partial charge in [-0.05, 0) is 36.2 Å². The van der Waals surface area contributed by atoms with Gasteiger partial charge in [0.2, 0.25) is 0 Å². The van der Waals surface area contributed by atoms with Gasteiger partial charge in [0.05, 0.1) is 5.56 Å². The first kappa shape index (κ1) is 22.2. The molecule has 8 heteroatoms. The van der Waals surface area contributed by atoms with Crippen LogP contribution in [0.15, 0.2) is 53.8 Å². The molecule has 0 bridgehead atoms. The second-order valence-corrected chi connectivity index (χ2v) is 5.74. The lowest BCUT2D eigenvalue weighted by Gasteiger charge is -2.12. The molecule has 1 aromatic heterocycles. The second kappa shape index (κ2) is 12.5. The van der Waals surface area contributed by atoms with E-state index in [-0.39, 0.29) is 29.9 Å². The molecule has 0 atom stereocenters. The van der Waals surface area contributed by atoms with Gasteiger partial charge in [0.15, 0.2) is 5.96 Å². The van der Waals surface area contributed by atoms with Crippen molar-refractivity contribution in [1.29, 1.82) is 0 Å². The maximum absolute atomic E-state index is 11.9. The highest BCUT2D eigenvalue weighted by Crippen LogP contribution is 2.10. The van der Waals surface area contributed by atoms with Gasteiger partial charge in [0.1, 0.15) is 0 Å². The summed E-state index contributed by atoms with van der Waals surface area (Å²) in [5.41, 5.74) is 1.71. The first-order valence-electron chi connectivity index (χ1n) is 8.06. The Bertz CT molecular complexity index is 712. The Morgan fingerprint density at radius 3 is 2.58 bits per heavy atom. The van der Waals surface area contributed by atoms with E-state index < -0.39 is 0 Å². The molecule has 0 radical (unpaired) electrons. The summed E-state index contributed by atoms with van der Waals surface area (Å²) in [5, 5.41) is 9.95. The zero-order valence-corrected chi connectivity index (χ0v) is 17.6. The number of carbonyl (C=O) groups excluding carboxylic acids is 1. The summed E-state index contributed by atoms with van der Waals surface area (Å²) < 4.78 is 0. The van der Waals surface area contributed by atoms with E-state index in [1.165, 1.54) is 5.56 Å². The van der Waals surface area contributed by atoms with Crippen molar-refractivity contribution >= 4 is 47.4 Å². The molecular formula is C18H23ClIN5O. The maximum Gasteiger partial charge on any atom is 0.252 e. The molecule has 0 saturated heterocycles. The number of hydrogen-bond donors (Lipinski definition) is 3. The molecule has 0 saturated carbocycles. The second-order valence-electron chi connectivity index (χ2n) is 5.30. The summed E-state index contributed by atoms with van der Waals surface area (Å²) >= 11 is 5.97. The van der Waals surface area contributed by atoms with Crippen molar-refractivity contribution in [1.82, 2.24) is 20.9 Å². The van der Waals surface area contributed by atoms with E-state index in [0.29, 0.717) is 24.6 Å². The van der Waals surface area contributed by atoms with E-state index in [4.69, 9.17) is 11.6 Å². The molecule has 1 amide bonds.